The lowest BCUT2D eigenvalue weighted by Crippen LogP contribution is -2.42. The van der Waals surface area contributed by atoms with E-state index in [0.29, 0.717) is 146 Å². The zero-order valence-corrected chi connectivity index (χ0v) is 67.4. The van der Waals surface area contributed by atoms with Crippen molar-refractivity contribution in [2.75, 3.05) is 87.6 Å². The van der Waals surface area contributed by atoms with Gasteiger partial charge in [-0.2, -0.15) is 28.0 Å². The zero-order chi connectivity index (χ0) is 82.7. The fraction of sp³-hybridized carbons (Fsp3) is 0.468. The van der Waals surface area contributed by atoms with Crippen LogP contribution < -0.4 is 43.1 Å². The van der Waals surface area contributed by atoms with Crippen LogP contribution in [0.25, 0.3) is 16.6 Å². The lowest BCUT2D eigenvalue weighted by atomic mass is 10.0. The van der Waals surface area contributed by atoms with Gasteiger partial charge in [0.2, 0.25) is 20.0 Å². The van der Waals surface area contributed by atoms with E-state index < -0.39 is 112 Å². The molecule has 0 radical (unpaired) electrons. The second-order valence-electron chi connectivity index (χ2n) is 30.6. The number of hydrogen-bond acceptors (Lipinski definition) is 21. The molecule has 6 aliphatic rings. The first-order chi connectivity index (χ1) is 55.2. The zero-order valence-electron chi connectivity index (χ0n) is 64.9. The van der Waals surface area contributed by atoms with Gasteiger partial charge in [0, 0.05) is 143 Å². The lowest BCUT2D eigenvalue weighted by Gasteiger charge is -2.30. The molecular formula is C79H93F6N13O15S3. The number of nitrogens with zero attached hydrogens (tertiary/aromatic N) is 10. The molecule has 6 fully saturated rings. The Morgan fingerprint density at radius 2 is 0.802 bits per heavy atom. The number of hydrogen-bond donors (Lipinski definition) is 3. The van der Waals surface area contributed by atoms with Gasteiger partial charge in [0.25, 0.3) is 17.7 Å². The topological polar surface area (TPSA) is 310 Å². The highest BCUT2D eigenvalue weighted by Crippen LogP contribution is 2.46. The number of fused-ring (bicyclic) bond motifs is 3. The Morgan fingerprint density at radius 3 is 1.10 bits per heavy atom. The Kier molecular flexibility index (Phi) is 25.5. The predicted molar refractivity (Wildman–Crippen MR) is 419 cm³/mol. The highest BCUT2D eigenvalue weighted by Gasteiger charge is 2.41. The Morgan fingerprint density at radius 1 is 0.491 bits per heavy atom. The highest BCUT2D eigenvalue weighted by atomic mass is 32.2. The van der Waals surface area contributed by atoms with Crippen molar-refractivity contribution in [1.82, 2.24) is 47.3 Å². The Hall–Kier alpha value is -9.79. The maximum absolute atomic E-state index is 14.9. The third-order valence-electron chi connectivity index (χ3n) is 21.3. The van der Waals surface area contributed by atoms with Gasteiger partial charge in [-0.1, -0.05) is 6.92 Å². The first-order valence-electron chi connectivity index (χ1n) is 38.4. The summed E-state index contributed by atoms with van der Waals surface area (Å²) in [5, 5.41) is 11.7. The largest absolute Gasteiger partial charge is 0.490 e. The number of aromatic nitrogens is 6. The van der Waals surface area contributed by atoms with Crippen LogP contribution in [0.2, 0.25) is 0 Å². The molecule has 3 amide bonds. The number of nitrogens with one attached hydrogen (secondary N) is 3. The summed E-state index contributed by atoms with van der Waals surface area (Å²) < 4.78 is 208. The molecule has 0 unspecified atom stereocenters. The van der Waals surface area contributed by atoms with Crippen molar-refractivity contribution in [3.63, 3.8) is 0 Å². The number of pyridine rings is 3. The third kappa shape index (κ3) is 19.1. The van der Waals surface area contributed by atoms with E-state index >= 15 is 0 Å². The molecule has 6 atom stereocenters. The van der Waals surface area contributed by atoms with E-state index in [2.05, 4.69) is 24.7 Å². The summed E-state index contributed by atoms with van der Waals surface area (Å²) in [6.45, 7) is 12.9. The summed E-state index contributed by atoms with van der Waals surface area (Å²) in [5.41, 5.74) is 4.63. The number of carbonyl (C=O) groups is 3. The Bertz CT molecular complexity index is 5430. The molecule has 3 N–H and O–H groups in total. The van der Waals surface area contributed by atoms with Gasteiger partial charge in [0.05, 0.1) is 120 Å². The van der Waals surface area contributed by atoms with Gasteiger partial charge in [-0.15, -0.1) is 0 Å². The number of amides is 3. The molecule has 6 saturated heterocycles. The fourth-order valence-electron chi connectivity index (χ4n) is 14.7. The van der Waals surface area contributed by atoms with Crippen LogP contribution in [0.3, 0.4) is 0 Å². The summed E-state index contributed by atoms with van der Waals surface area (Å²) in [7, 11) is -10.5. The lowest BCUT2D eigenvalue weighted by molar-refractivity contribution is 0.0248. The number of rotatable bonds is 21. The van der Waals surface area contributed by atoms with Gasteiger partial charge in [0.15, 0.2) is 0 Å². The van der Waals surface area contributed by atoms with Crippen LogP contribution in [0.4, 0.5) is 43.4 Å². The van der Waals surface area contributed by atoms with Crippen LogP contribution in [-0.2, 0) is 44.5 Å². The molecule has 0 saturated carbocycles. The van der Waals surface area contributed by atoms with Crippen molar-refractivity contribution in [1.29, 1.82) is 0 Å². The summed E-state index contributed by atoms with van der Waals surface area (Å²) >= 11 is 0. The maximum atomic E-state index is 14.9. The molecule has 116 heavy (non-hydrogen) atoms. The summed E-state index contributed by atoms with van der Waals surface area (Å²) in [6.07, 6.45) is 9.65. The number of alkyl halides is 3. The van der Waals surface area contributed by atoms with E-state index in [-0.39, 0.29) is 80.4 Å². The van der Waals surface area contributed by atoms with Crippen LogP contribution >= 0.6 is 0 Å². The van der Waals surface area contributed by atoms with E-state index in [4.69, 9.17) is 28.4 Å². The third-order valence-corrected chi connectivity index (χ3v) is 26.6. The molecule has 12 heterocycles. The van der Waals surface area contributed by atoms with E-state index in [9.17, 15) is 66.0 Å². The Labute approximate surface area is 667 Å². The summed E-state index contributed by atoms with van der Waals surface area (Å²) in [4.78, 5) is 44.1. The maximum Gasteiger partial charge on any atom is 0.303 e. The second-order valence-corrected chi connectivity index (χ2v) is 37.0. The predicted octanol–water partition coefficient (Wildman–Crippen LogP) is 11.2. The molecule has 15 rings (SSSR count). The van der Waals surface area contributed by atoms with Crippen LogP contribution in [0, 0.1) is 17.5 Å². The normalized spacial score (nSPS) is 20.8. The molecule has 28 nitrogen and oxygen atoms in total. The number of sulfonamides is 2. The van der Waals surface area contributed by atoms with E-state index in [1.807, 2.05) is 19.4 Å². The van der Waals surface area contributed by atoms with Crippen molar-refractivity contribution in [2.24, 2.45) is 0 Å². The smallest absolute Gasteiger partial charge is 0.303 e. The van der Waals surface area contributed by atoms with Gasteiger partial charge in [-0.3, -0.25) is 14.4 Å². The number of ether oxygens (including phenoxy) is 6. The molecule has 9 aromatic rings. The van der Waals surface area contributed by atoms with Crippen molar-refractivity contribution in [3.8, 4) is 17.2 Å². The van der Waals surface area contributed by atoms with Gasteiger partial charge >= 0.3 is 10.2 Å². The van der Waals surface area contributed by atoms with Gasteiger partial charge in [-0.05, 0) is 126 Å². The van der Waals surface area contributed by atoms with E-state index in [1.165, 1.54) is 110 Å². The van der Waals surface area contributed by atoms with E-state index in [0.717, 1.165) is 4.31 Å². The van der Waals surface area contributed by atoms with Crippen molar-refractivity contribution >= 4 is 81.6 Å². The summed E-state index contributed by atoms with van der Waals surface area (Å²) in [5.74, 6) is -2.27. The standard InChI is InChI=1S/C27H32F2N4O5S.C26H31F2N5O5S.C26H30F2N4O5S/c1-27(2,3)39(35,36)31-26(34)22-15-30-33-9-6-19(14-24(22)33)32-16-18(29)13-23(32)21-12-17(28)4-5-25(21)38-20-7-10-37-11-8-20;1-3-31(2)39(35,36)30-26(34)22-15-29-33-9-6-19(14-24(22)33)32-16-18(28)13-23(32)21-12-17(27)4-5-25(21)38-20-7-10-37-11-8-20;1-16(2)38(34,35)30-26(33)22-14-29-32-8-5-19(13-24(22)32)31-15-18(28)12-23(31)21-11-17(27)3-4-25(21)37-20-6-9-36-10-7-20/h4-6,9,12,14-15,18,20,23H,7-8,10-11,13,16H2,1-3H3,(H,31,34);4-6,9,12,14-15,18,20,23H,3,7-8,10-11,13,16H2,1-2H3,(H,30,34);3-5,8,11,13-14,16,18,20,23H,6-7,9-10,12,15H2,1-2H3,(H,30,33)/t3*18-,23+/m000/s1. The monoisotopic (exact) mass is 1670 g/mol. The first kappa shape index (κ1) is 84.1. The van der Waals surface area contributed by atoms with Crippen molar-refractivity contribution in [2.45, 2.75) is 164 Å². The Balaban J connectivity index is 0.000000151. The quantitative estimate of drug-likeness (QED) is 0.0563. The molecule has 0 bridgehead atoms. The summed E-state index contributed by atoms with van der Waals surface area (Å²) in [6, 6.07) is 21.5. The van der Waals surface area contributed by atoms with Gasteiger partial charge in [-0.25, -0.2) is 70.9 Å². The van der Waals surface area contributed by atoms with Crippen molar-refractivity contribution < 1.29 is 94.4 Å². The van der Waals surface area contributed by atoms with Crippen LogP contribution in [0.5, 0.6) is 17.2 Å². The van der Waals surface area contributed by atoms with Crippen molar-refractivity contribution in [3.05, 3.63) is 179 Å². The van der Waals surface area contributed by atoms with Gasteiger partial charge in [0.1, 0.15) is 71.5 Å². The average Bonchev–Trinajstić information content (AvgIpc) is 1.61. The molecule has 6 aliphatic heterocycles. The number of anilines is 3. The number of benzene rings is 3. The molecule has 6 aromatic heterocycles. The number of halogens is 6. The van der Waals surface area contributed by atoms with Gasteiger partial charge < -0.3 is 43.1 Å². The number of carbonyl (C=O) groups excluding carboxylic acids is 3. The molecule has 624 valence electrons. The molecule has 0 aliphatic carbocycles. The minimum atomic E-state index is -4.02. The fourth-order valence-corrected chi connectivity index (χ4v) is 16.8. The molecular weight excluding hydrogens is 1580 g/mol. The average molecular weight is 1670 g/mol. The van der Waals surface area contributed by atoms with Crippen LogP contribution in [-0.4, -0.2) is 196 Å². The molecule has 37 heteroatoms. The SMILES string of the molecule is CC(C)(C)S(=O)(=O)NC(=O)c1cnn2ccc(N3C[C@@H](F)C[C@@H]3c3cc(F)ccc3OC3CCOCC3)cc12.CC(C)S(=O)(=O)NC(=O)c1cnn2ccc(N3C[C@@H](F)C[C@@H]3c3cc(F)ccc3OC3CCOCC3)cc12.CCN(C)S(=O)(=O)NC(=O)c1cnn2ccc(N3C[C@@H](F)C[C@@H]3c3cc(F)ccc3OC3CCOCC3)cc12. The minimum Gasteiger partial charge on any atom is -0.490 e. The first-order valence-corrected chi connectivity index (χ1v) is 42.8. The minimum absolute atomic E-state index is 0.0479. The van der Waals surface area contributed by atoms with Crippen LogP contribution in [0.1, 0.15) is 165 Å². The molecule has 3 aromatic carbocycles. The van der Waals surface area contributed by atoms with Crippen LogP contribution in [0.15, 0.2) is 128 Å². The highest BCUT2D eigenvalue weighted by molar-refractivity contribution is 7.91. The molecule has 0 spiro atoms. The second kappa shape index (κ2) is 35.2. The van der Waals surface area contributed by atoms with E-state index in [1.54, 1.807) is 80.1 Å².